The predicted molar refractivity (Wildman–Crippen MR) is 80.3 cm³/mol. The number of fused-ring (bicyclic) bond motifs is 1. The van der Waals surface area contributed by atoms with Gasteiger partial charge >= 0.3 is 5.97 Å². The highest BCUT2D eigenvalue weighted by Crippen LogP contribution is 2.31. The summed E-state index contributed by atoms with van der Waals surface area (Å²) in [6.07, 6.45) is 3.54. The van der Waals surface area contributed by atoms with Crippen molar-refractivity contribution >= 4 is 5.97 Å². The summed E-state index contributed by atoms with van der Waals surface area (Å²) in [5, 5.41) is 9.28. The lowest BCUT2D eigenvalue weighted by molar-refractivity contribution is 0.0696. The van der Waals surface area contributed by atoms with Crippen LogP contribution in [0.1, 0.15) is 39.0 Å². The highest BCUT2D eigenvalue weighted by Gasteiger charge is 2.15. The molecule has 0 radical (unpaired) electrons. The van der Waals surface area contributed by atoms with E-state index in [4.69, 9.17) is 0 Å². The van der Waals surface area contributed by atoms with Crippen LogP contribution in [0.15, 0.2) is 30.3 Å². The first kappa shape index (κ1) is 12.9. The first-order valence-corrected chi connectivity index (χ1v) is 7.03. The van der Waals surface area contributed by atoms with Crippen LogP contribution in [0.25, 0.3) is 11.1 Å². The lowest BCUT2D eigenvalue weighted by Gasteiger charge is -2.11. The molecule has 0 aliphatic heterocycles. The molecule has 0 aromatic heterocycles. The van der Waals surface area contributed by atoms with Crippen LogP contribution in [-0.4, -0.2) is 11.1 Å². The number of carboxylic acid groups (broad SMARTS) is 1. The van der Waals surface area contributed by atoms with Crippen molar-refractivity contribution in [2.45, 2.75) is 33.1 Å². The van der Waals surface area contributed by atoms with Crippen molar-refractivity contribution in [3.05, 3.63) is 58.1 Å². The van der Waals surface area contributed by atoms with E-state index in [9.17, 15) is 9.90 Å². The third kappa shape index (κ3) is 2.11. The third-order valence-electron chi connectivity index (χ3n) is 4.21. The van der Waals surface area contributed by atoms with E-state index in [1.807, 2.05) is 26.0 Å². The molecule has 0 spiro atoms. The van der Waals surface area contributed by atoms with Crippen LogP contribution < -0.4 is 0 Å². The van der Waals surface area contributed by atoms with Gasteiger partial charge in [0.05, 0.1) is 5.56 Å². The summed E-state index contributed by atoms with van der Waals surface area (Å²) in [5.74, 6) is -0.857. The molecule has 0 unspecified atom stereocenters. The van der Waals surface area contributed by atoms with Crippen molar-refractivity contribution in [2.24, 2.45) is 0 Å². The summed E-state index contributed by atoms with van der Waals surface area (Å²) in [7, 11) is 0. The van der Waals surface area contributed by atoms with Crippen LogP contribution in [-0.2, 0) is 12.8 Å². The lowest BCUT2D eigenvalue weighted by atomic mass is 9.93. The van der Waals surface area contributed by atoms with Crippen molar-refractivity contribution in [1.82, 2.24) is 0 Å². The molecule has 2 nitrogen and oxygen atoms in total. The zero-order valence-corrected chi connectivity index (χ0v) is 11.9. The Morgan fingerprint density at radius 1 is 1.00 bits per heavy atom. The van der Waals surface area contributed by atoms with E-state index in [0.717, 1.165) is 28.7 Å². The number of benzene rings is 2. The molecule has 2 aromatic rings. The fraction of sp³-hybridized carbons (Fsp3) is 0.278. The van der Waals surface area contributed by atoms with Gasteiger partial charge in [0.25, 0.3) is 0 Å². The molecular weight excluding hydrogens is 248 g/mol. The first-order chi connectivity index (χ1) is 9.56. The van der Waals surface area contributed by atoms with Gasteiger partial charge in [-0.2, -0.15) is 0 Å². The number of hydrogen-bond acceptors (Lipinski definition) is 1. The minimum absolute atomic E-state index is 0.395. The molecule has 2 aromatic carbocycles. The lowest BCUT2D eigenvalue weighted by Crippen LogP contribution is -2.01. The average molecular weight is 266 g/mol. The van der Waals surface area contributed by atoms with E-state index in [2.05, 4.69) is 18.2 Å². The topological polar surface area (TPSA) is 37.3 Å². The predicted octanol–water partition coefficient (Wildman–Crippen LogP) is 4.16. The van der Waals surface area contributed by atoms with Crippen LogP contribution in [0, 0.1) is 13.8 Å². The highest BCUT2D eigenvalue weighted by atomic mass is 16.4. The standard InChI is InChI=1S/C18H18O2/c1-11-8-12(2)17(18(19)20)10-16(11)15-7-6-13-4-3-5-14(13)9-15/h6-10H,3-5H2,1-2H3,(H,19,20). The van der Waals surface area contributed by atoms with Crippen molar-refractivity contribution < 1.29 is 9.90 Å². The van der Waals surface area contributed by atoms with Gasteiger partial charge < -0.3 is 5.11 Å². The quantitative estimate of drug-likeness (QED) is 0.886. The van der Waals surface area contributed by atoms with Gasteiger partial charge in [-0.05, 0) is 72.6 Å². The molecule has 3 rings (SSSR count). The number of hydrogen-bond donors (Lipinski definition) is 1. The highest BCUT2D eigenvalue weighted by molar-refractivity contribution is 5.91. The molecule has 102 valence electrons. The van der Waals surface area contributed by atoms with Crippen molar-refractivity contribution in [3.8, 4) is 11.1 Å². The monoisotopic (exact) mass is 266 g/mol. The largest absolute Gasteiger partial charge is 0.478 e. The number of aryl methyl sites for hydroxylation is 4. The minimum Gasteiger partial charge on any atom is -0.478 e. The molecule has 0 fully saturated rings. The maximum Gasteiger partial charge on any atom is 0.335 e. The normalized spacial score (nSPS) is 13.3. The minimum atomic E-state index is -0.857. The van der Waals surface area contributed by atoms with E-state index < -0.39 is 5.97 Å². The molecule has 20 heavy (non-hydrogen) atoms. The van der Waals surface area contributed by atoms with Gasteiger partial charge in [0, 0.05) is 0 Å². The summed E-state index contributed by atoms with van der Waals surface area (Å²) in [6.45, 7) is 3.89. The Kier molecular flexibility index (Phi) is 3.09. The Bertz CT molecular complexity index is 699. The van der Waals surface area contributed by atoms with E-state index in [1.54, 1.807) is 0 Å². The molecule has 0 atom stereocenters. The molecule has 0 saturated carbocycles. The maximum atomic E-state index is 11.3. The first-order valence-electron chi connectivity index (χ1n) is 7.03. The second-order valence-corrected chi connectivity index (χ2v) is 5.62. The summed E-state index contributed by atoms with van der Waals surface area (Å²) in [5.41, 5.74) is 7.36. The molecular formula is C18H18O2. The molecule has 0 heterocycles. The molecule has 0 bridgehead atoms. The Balaban J connectivity index is 2.14. The number of rotatable bonds is 2. The Labute approximate surface area is 119 Å². The van der Waals surface area contributed by atoms with Gasteiger partial charge in [0.2, 0.25) is 0 Å². The van der Waals surface area contributed by atoms with Gasteiger partial charge in [-0.1, -0.05) is 24.3 Å². The second kappa shape index (κ2) is 4.78. The summed E-state index contributed by atoms with van der Waals surface area (Å²) < 4.78 is 0. The van der Waals surface area contributed by atoms with Crippen molar-refractivity contribution in [1.29, 1.82) is 0 Å². The van der Waals surface area contributed by atoms with Crippen LogP contribution in [0.4, 0.5) is 0 Å². The smallest absolute Gasteiger partial charge is 0.335 e. The van der Waals surface area contributed by atoms with Gasteiger partial charge in [0.15, 0.2) is 0 Å². The van der Waals surface area contributed by atoms with E-state index in [0.29, 0.717) is 5.56 Å². The average Bonchev–Trinajstić information content (AvgIpc) is 2.85. The van der Waals surface area contributed by atoms with Crippen LogP contribution in [0.2, 0.25) is 0 Å². The van der Waals surface area contributed by atoms with Crippen LogP contribution >= 0.6 is 0 Å². The van der Waals surface area contributed by atoms with E-state index in [-0.39, 0.29) is 0 Å². The maximum absolute atomic E-state index is 11.3. The zero-order chi connectivity index (χ0) is 14.3. The molecule has 2 heteroatoms. The summed E-state index contributed by atoms with van der Waals surface area (Å²) in [6, 6.07) is 10.3. The molecule has 1 aliphatic carbocycles. The fourth-order valence-corrected chi connectivity index (χ4v) is 3.13. The zero-order valence-electron chi connectivity index (χ0n) is 11.9. The van der Waals surface area contributed by atoms with Gasteiger partial charge in [0.1, 0.15) is 0 Å². The number of carbonyl (C=O) groups is 1. The van der Waals surface area contributed by atoms with Gasteiger partial charge in [-0.25, -0.2) is 4.79 Å². The van der Waals surface area contributed by atoms with E-state index in [1.165, 1.54) is 24.0 Å². The van der Waals surface area contributed by atoms with Crippen LogP contribution in [0.5, 0.6) is 0 Å². The van der Waals surface area contributed by atoms with Crippen molar-refractivity contribution in [3.63, 3.8) is 0 Å². The Hall–Kier alpha value is -2.09. The molecule has 0 amide bonds. The Morgan fingerprint density at radius 3 is 2.50 bits per heavy atom. The third-order valence-corrected chi connectivity index (χ3v) is 4.21. The van der Waals surface area contributed by atoms with Crippen molar-refractivity contribution in [2.75, 3.05) is 0 Å². The molecule has 0 saturated heterocycles. The summed E-state index contributed by atoms with van der Waals surface area (Å²) >= 11 is 0. The number of aromatic carboxylic acids is 1. The van der Waals surface area contributed by atoms with Gasteiger partial charge in [-0.3, -0.25) is 0 Å². The van der Waals surface area contributed by atoms with E-state index >= 15 is 0 Å². The summed E-state index contributed by atoms with van der Waals surface area (Å²) in [4.78, 5) is 11.3. The Morgan fingerprint density at radius 2 is 1.75 bits per heavy atom. The SMILES string of the molecule is Cc1cc(C)c(-c2ccc3c(c2)CCC3)cc1C(=O)O. The van der Waals surface area contributed by atoms with Crippen LogP contribution in [0.3, 0.4) is 0 Å². The van der Waals surface area contributed by atoms with Gasteiger partial charge in [-0.15, -0.1) is 0 Å². The molecule has 1 N–H and O–H groups in total. The molecule has 1 aliphatic rings. The fourth-order valence-electron chi connectivity index (χ4n) is 3.13. The second-order valence-electron chi connectivity index (χ2n) is 5.62. The number of carboxylic acids is 1.